The number of hydrogen-bond acceptors (Lipinski definition) is 5. The third-order valence-corrected chi connectivity index (χ3v) is 2.96. The number of rotatable bonds is 5. The van der Waals surface area contributed by atoms with Gasteiger partial charge in [0.2, 0.25) is 0 Å². The minimum absolute atomic E-state index is 0.0208. The fourth-order valence-corrected chi connectivity index (χ4v) is 1.93. The Morgan fingerprint density at radius 3 is 1.67 bits per heavy atom. The monoisotopic (exact) mass is 274 g/mol. The van der Waals surface area contributed by atoms with Crippen LogP contribution < -0.4 is 11.5 Å². The fraction of sp³-hybridized carbons (Fsp3) is 0.833. The first-order valence-corrected chi connectivity index (χ1v) is 6.73. The van der Waals surface area contributed by atoms with E-state index in [1.165, 1.54) is 6.92 Å². The SMILES string of the molecule is CC(=O)Br.NCCSSCCN. The van der Waals surface area contributed by atoms with Gasteiger partial charge in [-0.3, -0.25) is 4.79 Å². The third kappa shape index (κ3) is 30.9. The molecule has 0 aromatic carbocycles. The third-order valence-electron chi connectivity index (χ3n) is 0.486. The maximum absolute atomic E-state index is 9.36. The van der Waals surface area contributed by atoms with Crippen LogP contribution in [0.3, 0.4) is 0 Å². The minimum Gasteiger partial charge on any atom is -0.330 e. The molecule has 0 aliphatic rings. The van der Waals surface area contributed by atoms with Gasteiger partial charge in [0.1, 0.15) is 0 Å². The van der Waals surface area contributed by atoms with Crippen LogP contribution in [0.2, 0.25) is 0 Å². The Morgan fingerprint density at radius 1 is 1.25 bits per heavy atom. The van der Waals surface area contributed by atoms with Gasteiger partial charge in [-0.25, -0.2) is 0 Å². The van der Waals surface area contributed by atoms with Crippen molar-refractivity contribution in [2.75, 3.05) is 24.6 Å². The maximum Gasteiger partial charge on any atom is 0.194 e. The second kappa shape index (κ2) is 14.3. The second-order valence-electron chi connectivity index (χ2n) is 1.69. The van der Waals surface area contributed by atoms with Crippen molar-refractivity contribution in [2.45, 2.75) is 6.92 Å². The molecule has 0 fully saturated rings. The largest absolute Gasteiger partial charge is 0.330 e. The molecule has 0 rings (SSSR count). The topological polar surface area (TPSA) is 69.1 Å². The van der Waals surface area contributed by atoms with Gasteiger partial charge in [-0.15, -0.1) is 0 Å². The predicted molar refractivity (Wildman–Crippen MR) is 62.6 cm³/mol. The highest BCUT2D eigenvalue weighted by molar-refractivity contribution is 9.18. The van der Waals surface area contributed by atoms with E-state index in [4.69, 9.17) is 11.5 Å². The van der Waals surface area contributed by atoms with E-state index in [-0.39, 0.29) is 4.69 Å². The molecule has 0 aromatic heterocycles. The molecule has 12 heavy (non-hydrogen) atoms. The number of hydrogen-bond donors (Lipinski definition) is 2. The summed E-state index contributed by atoms with van der Waals surface area (Å²) in [7, 11) is 3.58. The molecule has 0 bridgehead atoms. The normalized spacial score (nSPS) is 8.67. The van der Waals surface area contributed by atoms with Crippen molar-refractivity contribution in [1.82, 2.24) is 0 Å². The summed E-state index contributed by atoms with van der Waals surface area (Å²) in [5, 5.41) is 0. The van der Waals surface area contributed by atoms with Gasteiger partial charge in [-0.1, -0.05) is 21.6 Å². The summed E-state index contributed by atoms with van der Waals surface area (Å²) < 4.78 is -0.0208. The van der Waals surface area contributed by atoms with Crippen molar-refractivity contribution >= 4 is 42.2 Å². The zero-order valence-corrected chi connectivity index (χ0v) is 10.3. The molecule has 3 nitrogen and oxygen atoms in total. The highest BCUT2D eigenvalue weighted by Gasteiger charge is 1.84. The number of carbonyl (C=O) groups excluding carboxylic acids is 1. The molecule has 0 aliphatic heterocycles. The van der Waals surface area contributed by atoms with E-state index in [1.54, 1.807) is 21.6 Å². The summed E-state index contributed by atoms with van der Waals surface area (Å²) in [5.41, 5.74) is 10.5. The predicted octanol–water partition coefficient (Wildman–Crippen LogP) is 1.21. The van der Waals surface area contributed by atoms with Gasteiger partial charge in [-0.05, 0) is 15.9 Å². The maximum atomic E-state index is 9.36. The van der Waals surface area contributed by atoms with Gasteiger partial charge in [0.25, 0.3) is 0 Å². The summed E-state index contributed by atoms with van der Waals surface area (Å²) in [6.07, 6.45) is 0. The Morgan fingerprint density at radius 2 is 1.50 bits per heavy atom. The van der Waals surface area contributed by atoms with Crippen molar-refractivity contribution in [1.29, 1.82) is 0 Å². The summed E-state index contributed by atoms with van der Waals surface area (Å²) in [6, 6.07) is 0. The average molecular weight is 275 g/mol. The molecule has 0 radical (unpaired) electrons. The summed E-state index contributed by atoms with van der Waals surface area (Å²) in [5.74, 6) is 2.06. The van der Waals surface area contributed by atoms with Gasteiger partial charge in [-0.2, -0.15) is 0 Å². The standard InChI is InChI=1S/C4H12N2S2.C2H3BrO/c5-1-3-7-8-4-2-6;1-2(3)4/h1-6H2;1H3. The molecule has 0 unspecified atom stereocenters. The van der Waals surface area contributed by atoms with E-state index in [0.29, 0.717) is 0 Å². The summed E-state index contributed by atoms with van der Waals surface area (Å²) in [6.45, 7) is 2.98. The fourth-order valence-electron chi connectivity index (χ4n) is 0.214. The van der Waals surface area contributed by atoms with E-state index in [1.807, 2.05) is 0 Å². The Bertz CT molecular complexity index is 95.5. The van der Waals surface area contributed by atoms with Gasteiger partial charge in [0, 0.05) is 31.5 Å². The minimum atomic E-state index is -0.0208. The Labute approximate surface area is 89.9 Å². The molecule has 0 saturated heterocycles. The molecule has 0 atom stereocenters. The molecular weight excluding hydrogens is 260 g/mol. The lowest BCUT2D eigenvalue weighted by atomic mass is 10.8. The Hall–Kier alpha value is 0.770. The Kier molecular flexibility index (Phi) is 18.2. The van der Waals surface area contributed by atoms with Crippen molar-refractivity contribution < 1.29 is 4.79 Å². The number of nitrogens with two attached hydrogens (primary N) is 2. The van der Waals surface area contributed by atoms with E-state index in [0.717, 1.165) is 24.6 Å². The van der Waals surface area contributed by atoms with Crippen LogP contribution in [0.5, 0.6) is 0 Å². The van der Waals surface area contributed by atoms with Crippen LogP contribution in [-0.2, 0) is 4.79 Å². The van der Waals surface area contributed by atoms with Gasteiger partial charge in [0.15, 0.2) is 4.69 Å². The molecule has 0 amide bonds. The number of carbonyl (C=O) groups is 1. The molecule has 0 spiro atoms. The van der Waals surface area contributed by atoms with Crippen LogP contribution in [0.1, 0.15) is 6.92 Å². The van der Waals surface area contributed by atoms with E-state index in [2.05, 4.69) is 15.9 Å². The van der Waals surface area contributed by atoms with Crippen LogP contribution in [0.25, 0.3) is 0 Å². The highest BCUT2D eigenvalue weighted by Crippen LogP contribution is 2.18. The summed E-state index contributed by atoms with van der Waals surface area (Å²) in [4.78, 5) is 9.36. The molecule has 74 valence electrons. The lowest BCUT2D eigenvalue weighted by Crippen LogP contribution is -2.02. The number of halogens is 1. The van der Waals surface area contributed by atoms with Crippen molar-refractivity contribution in [3.63, 3.8) is 0 Å². The van der Waals surface area contributed by atoms with Crippen molar-refractivity contribution in [2.24, 2.45) is 11.5 Å². The summed E-state index contributed by atoms with van der Waals surface area (Å²) >= 11 is 2.63. The second-order valence-corrected chi connectivity index (χ2v) is 5.51. The Balaban J connectivity index is 0. The molecule has 4 N–H and O–H groups in total. The smallest absolute Gasteiger partial charge is 0.194 e. The molecule has 0 heterocycles. The van der Waals surface area contributed by atoms with Crippen molar-refractivity contribution in [3.8, 4) is 0 Å². The first kappa shape index (κ1) is 15.3. The van der Waals surface area contributed by atoms with Gasteiger partial charge < -0.3 is 11.5 Å². The molecule has 6 heteroatoms. The first-order valence-electron chi connectivity index (χ1n) is 3.45. The molecular formula is C6H15BrN2OS2. The van der Waals surface area contributed by atoms with Gasteiger partial charge in [0.05, 0.1) is 0 Å². The quantitative estimate of drug-likeness (QED) is 0.448. The first-order chi connectivity index (χ1) is 5.65. The highest BCUT2D eigenvalue weighted by atomic mass is 79.9. The van der Waals surface area contributed by atoms with Gasteiger partial charge >= 0.3 is 0 Å². The lowest BCUT2D eigenvalue weighted by Gasteiger charge is -1.93. The van der Waals surface area contributed by atoms with Crippen LogP contribution in [-0.4, -0.2) is 29.3 Å². The zero-order valence-electron chi connectivity index (χ0n) is 7.09. The molecule has 0 saturated carbocycles. The van der Waals surface area contributed by atoms with Crippen molar-refractivity contribution in [3.05, 3.63) is 0 Å². The van der Waals surface area contributed by atoms with Crippen LogP contribution in [0.15, 0.2) is 0 Å². The van der Waals surface area contributed by atoms with Crippen LogP contribution >= 0.6 is 37.5 Å². The van der Waals surface area contributed by atoms with E-state index < -0.39 is 0 Å². The zero-order chi connectivity index (χ0) is 9.82. The molecule has 0 aromatic rings. The average Bonchev–Trinajstić information content (AvgIpc) is 1.97. The van der Waals surface area contributed by atoms with Crippen LogP contribution in [0.4, 0.5) is 0 Å². The van der Waals surface area contributed by atoms with Crippen LogP contribution in [0, 0.1) is 0 Å². The van der Waals surface area contributed by atoms with E-state index in [9.17, 15) is 4.79 Å². The lowest BCUT2D eigenvalue weighted by molar-refractivity contribution is -0.108. The molecule has 0 aliphatic carbocycles. The van der Waals surface area contributed by atoms with E-state index >= 15 is 0 Å².